The van der Waals surface area contributed by atoms with Crippen LogP contribution in [-0.4, -0.2) is 36.0 Å². The Labute approximate surface area is 211 Å². The molecular formula is C27H26N2O6S. The van der Waals surface area contributed by atoms with Crippen LogP contribution in [0.2, 0.25) is 0 Å². The molecule has 0 radical (unpaired) electrons. The topological polar surface area (TPSA) is 99.4 Å². The van der Waals surface area contributed by atoms with E-state index < -0.39 is 12.0 Å². The molecular weight excluding hydrogens is 480 g/mol. The number of allylic oxidation sites excluding steroid dienone is 1. The van der Waals surface area contributed by atoms with Crippen molar-refractivity contribution < 1.29 is 24.1 Å². The Hall–Kier alpha value is -4.11. The van der Waals surface area contributed by atoms with Gasteiger partial charge in [-0.05, 0) is 55.3 Å². The number of rotatable bonds is 8. The SMILES string of the molecule is C=CCOc1ccc(C2C(C(=O)OCC)=C(C)N=c3sc(=Cc4ccc(OC)c(O)c4)c(=O)n32)cc1. The number of hydrogen-bond acceptors (Lipinski definition) is 8. The standard InChI is InChI=1S/C27H26N2O6S/c1-5-13-35-19-10-8-18(9-11-19)24-23(26(32)34-6-2)16(3)28-27-29(24)25(31)22(36-27)15-17-7-12-21(33-4)20(30)14-17/h5,7-12,14-15,24,30H,1,6,13H2,2-4H3. The van der Waals surface area contributed by atoms with Gasteiger partial charge in [0.05, 0.1) is 35.6 Å². The second-order valence-corrected chi connectivity index (χ2v) is 8.91. The third-order valence-electron chi connectivity index (χ3n) is 5.58. The number of ether oxygens (including phenoxy) is 3. The number of thiazole rings is 1. The quantitative estimate of drug-likeness (QED) is 0.372. The minimum Gasteiger partial charge on any atom is -0.504 e. The zero-order valence-electron chi connectivity index (χ0n) is 20.2. The number of fused-ring (bicyclic) bond motifs is 1. The van der Waals surface area contributed by atoms with E-state index in [0.717, 1.165) is 0 Å². The van der Waals surface area contributed by atoms with Crippen LogP contribution in [0.25, 0.3) is 6.08 Å². The van der Waals surface area contributed by atoms with E-state index in [1.54, 1.807) is 50.3 Å². The monoisotopic (exact) mass is 506 g/mol. The van der Waals surface area contributed by atoms with Gasteiger partial charge in [-0.1, -0.05) is 42.2 Å². The zero-order chi connectivity index (χ0) is 25.8. The number of phenols is 1. The van der Waals surface area contributed by atoms with Crippen molar-refractivity contribution in [2.45, 2.75) is 19.9 Å². The Morgan fingerprint density at radius 3 is 2.64 bits per heavy atom. The molecule has 0 aliphatic carbocycles. The van der Waals surface area contributed by atoms with Crippen LogP contribution in [0.1, 0.15) is 31.0 Å². The van der Waals surface area contributed by atoms with Crippen molar-refractivity contribution in [3.05, 3.63) is 97.2 Å². The van der Waals surface area contributed by atoms with E-state index in [2.05, 4.69) is 11.6 Å². The fourth-order valence-corrected chi connectivity index (χ4v) is 5.00. The predicted molar refractivity (Wildman–Crippen MR) is 137 cm³/mol. The molecule has 1 atom stereocenters. The normalized spacial score (nSPS) is 15.2. The number of carbonyl (C=O) groups is 1. The summed E-state index contributed by atoms with van der Waals surface area (Å²) >= 11 is 1.21. The molecule has 8 nitrogen and oxygen atoms in total. The van der Waals surface area contributed by atoms with Gasteiger partial charge in [-0.3, -0.25) is 9.36 Å². The summed E-state index contributed by atoms with van der Waals surface area (Å²) in [5.41, 5.74) is 1.83. The lowest BCUT2D eigenvalue weighted by atomic mass is 9.96. The molecule has 0 amide bonds. The van der Waals surface area contributed by atoms with Crippen LogP contribution in [0, 0.1) is 0 Å². The van der Waals surface area contributed by atoms with Gasteiger partial charge in [0.25, 0.3) is 5.56 Å². The van der Waals surface area contributed by atoms with Gasteiger partial charge in [0, 0.05) is 0 Å². The molecule has 2 aromatic carbocycles. The molecule has 2 heterocycles. The van der Waals surface area contributed by atoms with Crippen molar-refractivity contribution in [1.29, 1.82) is 0 Å². The number of aromatic nitrogens is 1. The first-order valence-corrected chi connectivity index (χ1v) is 12.1. The predicted octanol–water partition coefficient (Wildman–Crippen LogP) is 3.08. The van der Waals surface area contributed by atoms with Gasteiger partial charge < -0.3 is 19.3 Å². The van der Waals surface area contributed by atoms with Crippen molar-refractivity contribution in [3.63, 3.8) is 0 Å². The molecule has 1 aliphatic rings. The largest absolute Gasteiger partial charge is 0.504 e. The third kappa shape index (κ3) is 4.83. The minimum absolute atomic E-state index is 0.0314. The molecule has 1 aromatic heterocycles. The number of benzene rings is 2. The van der Waals surface area contributed by atoms with Crippen molar-refractivity contribution >= 4 is 23.4 Å². The second-order valence-electron chi connectivity index (χ2n) is 7.90. The molecule has 0 saturated carbocycles. The Balaban J connectivity index is 1.87. The van der Waals surface area contributed by atoms with E-state index in [1.165, 1.54) is 29.1 Å². The summed E-state index contributed by atoms with van der Waals surface area (Å²) in [4.78, 5) is 31.6. The van der Waals surface area contributed by atoms with Gasteiger partial charge in [-0.2, -0.15) is 0 Å². The molecule has 36 heavy (non-hydrogen) atoms. The summed E-state index contributed by atoms with van der Waals surface area (Å²) in [6, 6.07) is 11.4. The average Bonchev–Trinajstić information content (AvgIpc) is 3.16. The molecule has 186 valence electrons. The number of nitrogens with zero attached hydrogens (tertiary/aromatic N) is 2. The molecule has 0 fully saturated rings. The highest BCUT2D eigenvalue weighted by molar-refractivity contribution is 7.07. The van der Waals surface area contributed by atoms with Crippen LogP contribution in [0.15, 0.2) is 76.2 Å². The van der Waals surface area contributed by atoms with Crippen molar-refractivity contribution in [2.75, 3.05) is 20.3 Å². The van der Waals surface area contributed by atoms with Crippen LogP contribution in [0.5, 0.6) is 17.2 Å². The van der Waals surface area contributed by atoms with Gasteiger partial charge in [0.2, 0.25) is 0 Å². The van der Waals surface area contributed by atoms with Crippen molar-refractivity contribution in [1.82, 2.24) is 4.57 Å². The van der Waals surface area contributed by atoms with Gasteiger partial charge in [-0.25, -0.2) is 9.79 Å². The fraction of sp³-hybridized carbons (Fsp3) is 0.222. The summed E-state index contributed by atoms with van der Waals surface area (Å²) in [5, 5.41) is 10.1. The van der Waals surface area contributed by atoms with E-state index in [-0.39, 0.29) is 17.9 Å². The Morgan fingerprint density at radius 1 is 1.25 bits per heavy atom. The van der Waals surface area contributed by atoms with Gasteiger partial charge in [0.1, 0.15) is 12.4 Å². The maximum atomic E-state index is 13.6. The van der Waals surface area contributed by atoms with E-state index >= 15 is 0 Å². The first-order valence-electron chi connectivity index (χ1n) is 11.3. The number of phenolic OH excluding ortho intramolecular Hbond substituents is 1. The maximum absolute atomic E-state index is 13.6. The fourth-order valence-electron chi connectivity index (χ4n) is 3.96. The lowest BCUT2D eigenvalue weighted by Crippen LogP contribution is -2.39. The van der Waals surface area contributed by atoms with E-state index in [4.69, 9.17) is 14.2 Å². The summed E-state index contributed by atoms with van der Waals surface area (Å²) in [7, 11) is 1.47. The van der Waals surface area contributed by atoms with Crippen LogP contribution in [0.3, 0.4) is 0 Å². The average molecular weight is 507 g/mol. The molecule has 1 N–H and O–H groups in total. The van der Waals surface area contributed by atoms with E-state index in [0.29, 0.717) is 49.8 Å². The molecule has 0 saturated heterocycles. The highest BCUT2D eigenvalue weighted by Crippen LogP contribution is 2.32. The highest BCUT2D eigenvalue weighted by atomic mass is 32.1. The van der Waals surface area contributed by atoms with Gasteiger partial charge in [0.15, 0.2) is 16.3 Å². The number of carbonyl (C=O) groups excluding carboxylic acids is 1. The van der Waals surface area contributed by atoms with Crippen LogP contribution >= 0.6 is 11.3 Å². The minimum atomic E-state index is -0.722. The van der Waals surface area contributed by atoms with Crippen molar-refractivity contribution in [2.24, 2.45) is 4.99 Å². The lowest BCUT2D eigenvalue weighted by molar-refractivity contribution is -0.139. The zero-order valence-corrected chi connectivity index (χ0v) is 21.0. The molecule has 1 aliphatic heterocycles. The summed E-state index contributed by atoms with van der Waals surface area (Å²) in [6.45, 7) is 7.68. The number of hydrogen-bond donors (Lipinski definition) is 1. The highest BCUT2D eigenvalue weighted by Gasteiger charge is 2.33. The summed E-state index contributed by atoms with van der Waals surface area (Å²) in [6.07, 6.45) is 3.33. The van der Waals surface area contributed by atoms with E-state index in [1.807, 2.05) is 12.1 Å². The molecule has 4 rings (SSSR count). The number of methoxy groups -OCH3 is 1. The second kappa shape index (κ2) is 10.7. The first-order chi connectivity index (χ1) is 17.4. The van der Waals surface area contributed by atoms with Gasteiger partial charge >= 0.3 is 5.97 Å². The van der Waals surface area contributed by atoms with Crippen LogP contribution < -0.4 is 24.4 Å². The van der Waals surface area contributed by atoms with Crippen molar-refractivity contribution in [3.8, 4) is 17.2 Å². The molecule has 1 unspecified atom stereocenters. The Bertz CT molecular complexity index is 1520. The van der Waals surface area contributed by atoms with Gasteiger partial charge in [-0.15, -0.1) is 0 Å². The molecule has 0 spiro atoms. The van der Waals surface area contributed by atoms with Crippen LogP contribution in [-0.2, 0) is 9.53 Å². The number of aromatic hydroxyl groups is 1. The molecule has 3 aromatic rings. The molecule has 0 bridgehead atoms. The lowest BCUT2D eigenvalue weighted by Gasteiger charge is -2.24. The smallest absolute Gasteiger partial charge is 0.338 e. The third-order valence-corrected chi connectivity index (χ3v) is 6.56. The first kappa shape index (κ1) is 25.0. The summed E-state index contributed by atoms with van der Waals surface area (Å²) in [5.74, 6) is 0.425. The summed E-state index contributed by atoms with van der Waals surface area (Å²) < 4.78 is 17.9. The number of esters is 1. The Kier molecular flexibility index (Phi) is 7.40. The molecule has 9 heteroatoms. The maximum Gasteiger partial charge on any atom is 0.338 e. The van der Waals surface area contributed by atoms with E-state index in [9.17, 15) is 14.7 Å². The van der Waals surface area contributed by atoms with Crippen LogP contribution in [0.4, 0.5) is 0 Å². The Morgan fingerprint density at radius 2 is 2.00 bits per heavy atom.